The van der Waals surface area contributed by atoms with Crippen molar-refractivity contribution in [2.45, 2.75) is 50.8 Å². The van der Waals surface area contributed by atoms with Gasteiger partial charge < -0.3 is 10.1 Å². The number of nitrogens with one attached hydrogen (secondary N) is 1. The molecule has 0 amide bonds. The number of fused-ring (bicyclic) bond motifs is 4. The third-order valence-corrected chi connectivity index (χ3v) is 6.95. The number of benzene rings is 3. The first kappa shape index (κ1) is 22.2. The zero-order valence-electron chi connectivity index (χ0n) is 18.2. The molecule has 5 nitrogen and oxygen atoms in total. The number of halogens is 2. The fourth-order valence-electron chi connectivity index (χ4n) is 5.11. The molecule has 1 saturated carbocycles. The van der Waals surface area contributed by atoms with Gasteiger partial charge >= 0.3 is 0 Å². The van der Waals surface area contributed by atoms with Gasteiger partial charge in [-0.2, -0.15) is 0 Å². The van der Waals surface area contributed by atoms with Crippen molar-refractivity contribution in [1.82, 2.24) is 20.1 Å². The summed E-state index contributed by atoms with van der Waals surface area (Å²) in [6, 6.07) is 20.8. The van der Waals surface area contributed by atoms with Crippen LogP contribution < -0.4 is 10.1 Å². The summed E-state index contributed by atoms with van der Waals surface area (Å²) < 4.78 is 8.72. The van der Waals surface area contributed by atoms with Crippen molar-refractivity contribution in [2.24, 2.45) is 0 Å². The third kappa shape index (κ3) is 4.21. The highest BCUT2D eigenvalue weighted by Gasteiger charge is 2.30. The van der Waals surface area contributed by atoms with Crippen molar-refractivity contribution < 1.29 is 4.74 Å². The molecule has 2 aliphatic rings. The van der Waals surface area contributed by atoms with Crippen LogP contribution in [0, 0.1) is 0 Å². The van der Waals surface area contributed by atoms with Crippen molar-refractivity contribution in [2.75, 3.05) is 0 Å². The molecule has 0 radical (unpaired) electrons. The van der Waals surface area contributed by atoms with Gasteiger partial charge in [-0.05, 0) is 60.9 Å². The molecule has 1 aliphatic carbocycles. The van der Waals surface area contributed by atoms with E-state index in [-0.39, 0.29) is 18.5 Å². The lowest BCUT2D eigenvalue weighted by atomic mass is 9.86. The van der Waals surface area contributed by atoms with E-state index < -0.39 is 0 Å². The lowest BCUT2D eigenvalue weighted by Crippen LogP contribution is -2.25. The van der Waals surface area contributed by atoms with E-state index in [0.717, 1.165) is 60.3 Å². The molecule has 0 atom stereocenters. The average Bonchev–Trinajstić information content (AvgIpc) is 3.15. The fourth-order valence-corrected chi connectivity index (χ4v) is 5.31. The van der Waals surface area contributed by atoms with Gasteiger partial charge in [0.1, 0.15) is 11.6 Å². The molecule has 4 aromatic rings. The monoisotopic (exact) mass is 480 g/mol. The Labute approximate surface area is 204 Å². The minimum Gasteiger partial charge on any atom is -0.490 e. The molecule has 1 aliphatic heterocycles. The third-order valence-electron chi connectivity index (χ3n) is 6.72. The normalized spacial score (nSPS) is 19.8. The van der Waals surface area contributed by atoms with Crippen molar-refractivity contribution in [3.8, 4) is 11.4 Å². The molecule has 1 aromatic heterocycles. The minimum absolute atomic E-state index is 0. The zero-order valence-corrected chi connectivity index (χ0v) is 19.8. The number of hydrogen-bond donors (Lipinski definition) is 1. The molecular formula is C26H26Cl2N4O. The first-order valence-corrected chi connectivity index (χ1v) is 11.7. The summed E-state index contributed by atoms with van der Waals surface area (Å²) >= 11 is 6.26. The van der Waals surface area contributed by atoms with Gasteiger partial charge in [-0.15, -0.1) is 22.6 Å². The van der Waals surface area contributed by atoms with Crippen LogP contribution in [0.3, 0.4) is 0 Å². The maximum Gasteiger partial charge on any atom is 0.151 e. The molecule has 33 heavy (non-hydrogen) atoms. The summed E-state index contributed by atoms with van der Waals surface area (Å²) in [4.78, 5) is 0. The zero-order chi connectivity index (χ0) is 21.5. The van der Waals surface area contributed by atoms with E-state index in [1.165, 1.54) is 16.3 Å². The highest BCUT2D eigenvalue weighted by atomic mass is 35.5. The standard InChI is InChI=1S/C26H25ClN4O.ClH/c27-20-10-13-23-19(14-20)15-28-16-25-29-30-26(31(23)25)18-8-11-21(12-9-18)32-24-7-3-5-17-4-1-2-6-22(17)24;/h1-7,10,13-14,18,21,28H,8-9,11-12,15-16H2;1H/t18-,21-;. The summed E-state index contributed by atoms with van der Waals surface area (Å²) in [6.45, 7) is 1.49. The molecule has 0 saturated heterocycles. The van der Waals surface area contributed by atoms with Crippen molar-refractivity contribution >= 4 is 34.8 Å². The maximum atomic E-state index is 6.47. The molecule has 1 fully saturated rings. The molecule has 0 spiro atoms. The Morgan fingerprint density at radius 2 is 1.73 bits per heavy atom. The van der Waals surface area contributed by atoms with E-state index in [1.54, 1.807) is 0 Å². The Kier molecular flexibility index (Phi) is 6.28. The Balaban J connectivity index is 0.00000228. The van der Waals surface area contributed by atoms with Crippen LogP contribution in [0.1, 0.15) is 48.8 Å². The SMILES string of the molecule is Cl.Clc1ccc2c(c1)CNCc1nnc([C@H]3CC[C@H](Oc4cccc5ccccc45)CC3)n1-2. The van der Waals surface area contributed by atoms with Crippen molar-refractivity contribution in [1.29, 1.82) is 0 Å². The summed E-state index contributed by atoms with van der Waals surface area (Å²) in [5, 5.41) is 15.8. The van der Waals surface area contributed by atoms with Crippen LogP contribution in [0.15, 0.2) is 60.7 Å². The highest BCUT2D eigenvalue weighted by molar-refractivity contribution is 6.30. The van der Waals surface area contributed by atoms with Crippen LogP contribution >= 0.6 is 24.0 Å². The molecule has 0 unspecified atom stereocenters. The Morgan fingerprint density at radius 1 is 0.909 bits per heavy atom. The van der Waals surface area contributed by atoms with E-state index in [0.29, 0.717) is 12.5 Å². The van der Waals surface area contributed by atoms with Gasteiger partial charge in [-0.25, -0.2) is 0 Å². The lowest BCUT2D eigenvalue weighted by molar-refractivity contribution is 0.146. The number of aromatic nitrogens is 3. The van der Waals surface area contributed by atoms with Crippen LogP contribution in [-0.2, 0) is 13.1 Å². The number of nitrogens with zero attached hydrogens (tertiary/aromatic N) is 3. The molecule has 2 heterocycles. The highest BCUT2D eigenvalue weighted by Crippen LogP contribution is 2.37. The average molecular weight is 481 g/mol. The van der Waals surface area contributed by atoms with Gasteiger partial charge in [0.05, 0.1) is 18.3 Å². The smallest absolute Gasteiger partial charge is 0.151 e. The summed E-state index contributed by atoms with van der Waals surface area (Å²) in [5.41, 5.74) is 2.33. The predicted molar refractivity (Wildman–Crippen MR) is 134 cm³/mol. The van der Waals surface area contributed by atoms with E-state index in [2.05, 4.69) is 68.6 Å². The summed E-state index contributed by atoms with van der Waals surface area (Å²) in [6.07, 6.45) is 4.36. The van der Waals surface area contributed by atoms with E-state index >= 15 is 0 Å². The fraction of sp³-hybridized carbons (Fsp3) is 0.308. The Bertz CT molecular complexity index is 1280. The lowest BCUT2D eigenvalue weighted by Gasteiger charge is -2.29. The summed E-state index contributed by atoms with van der Waals surface area (Å²) in [7, 11) is 0. The topological polar surface area (TPSA) is 52.0 Å². The van der Waals surface area contributed by atoms with Gasteiger partial charge in [0.25, 0.3) is 0 Å². The second kappa shape index (κ2) is 9.34. The Hall–Kier alpha value is -2.60. The van der Waals surface area contributed by atoms with E-state index in [4.69, 9.17) is 16.3 Å². The summed E-state index contributed by atoms with van der Waals surface area (Å²) in [5.74, 6) is 3.40. The van der Waals surface area contributed by atoms with Crippen LogP contribution in [0.2, 0.25) is 5.02 Å². The van der Waals surface area contributed by atoms with Gasteiger partial charge in [0.15, 0.2) is 5.82 Å². The minimum atomic E-state index is 0. The first-order valence-electron chi connectivity index (χ1n) is 11.3. The van der Waals surface area contributed by atoms with E-state index in [1.807, 2.05) is 12.1 Å². The van der Waals surface area contributed by atoms with Gasteiger partial charge in [0.2, 0.25) is 0 Å². The largest absolute Gasteiger partial charge is 0.490 e. The van der Waals surface area contributed by atoms with Gasteiger partial charge in [0, 0.05) is 22.9 Å². The van der Waals surface area contributed by atoms with E-state index in [9.17, 15) is 0 Å². The van der Waals surface area contributed by atoms with Gasteiger partial charge in [-0.3, -0.25) is 4.57 Å². The number of ether oxygens (including phenoxy) is 1. The number of hydrogen-bond acceptors (Lipinski definition) is 4. The van der Waals surface area contributed by atoms with Crippen LogP contribution in [0.4, 0.5) is 0 Å². The Morgan fingerprint density at radius 3 is 2.61 bits per heavy atom. The maximum absolute atomic E-state index is 6.47. The van der Waals surface area contributed by atoms with Crippen LogP contribution in [0.25, 0.3) is 16.5 Å². The molecule has 3 aromatic carbocycles. The predicted octanol–water partition coefficient (Wildman–Crippen LogP) is 6.20. The van der Waals surface area contributed by atoms with Crippen molar-refractivity contribution in [3.05, 3.63) is 82.9 Å². The number of rotatable bonds is 3. The molecule has 7 heteroatoms. The van der Waals surface area contributed by atoms with Crippen molar-refractivity contribution in [3.63, 3.8) is 0 Å². The quantitative estimate of drug-likeness (QED) is 0.378. The molecule has 1 N–H and O–H groups in total. The first-order chi connectivity index (χ1) is 15.8. The molecule has 0 bridgehead atoms. The second-order valence-electron chi connectivity index (χ2n) is 8.76. The van der Waals surface area contributed by atoms with Crippen LogP contribution in [0.5, 0.6) is 5.75 Å². The van der Waals surface area contributed by atoms with Gasteiger partial charge in [-0.1, -0.05) is 48.0 Å². The molecule has 6 rings (SSSR count). The van der Waals surface area contributed by atoms with Crippen LogP contribution in [-0.4, -0.2) is 20.9 Å². The molecule has 170 valence electrons. The molecular weight excluding hydrogens is 455 g/mol. The second-order valence-corrected chi connectivity index (χ2v) is 9.19.